The maximum absolute atomic E-state index is 8.74. The van der Waals surface area contributed by atoms with Gasteiger partial charge in [0.05, 0.1) is 0 Å². The van der Waals surface area contributed by atoms with Crippen molar-refractivity contribution in [3.63, 3.8) is 0 Å². The van der Waals surface area contributed by atoms with Gasteiger partial charge in [-0.15, -0.1) is 0 Å². The third-order valence-corrected chi connectivity index (χ3v) is 0. The second kappa shape index (κ2) is 7.13. The summed E-state index contributed by atoms with van der Waals surface area (Å²) < 4.78 is 40.3. The maximum Gasteiger partial charge on any atom is 0.761 e. The molecule has 0 aromatic rings. The summed E-state index contributed by atoms with van der Waals surface area (Å²) in [6.07, 6.45) is 0. The molecule has 0 aromatic heterocycles. The Labute approximate surface area is 68.9 Å². The summed E-state index contributed by atoms with van der Waals surface area (Å²) in [4.78, 5) is 14.3. The van der Waals surface area contributed by atoms with Crippen LogP contribution >= 0.6 is 0 Å². The Balaban J connectivity index is -0.0000000910. The van der Waals surface area contributed by atoms with E-state index in [-0.39, 0.29) is 17.4 Å². The molecule has 0 aliphatic rings. The summed E-state index contributed by atoms with van der Waals surface area (Å²) in [5.41, 5.74) is 0. The fourth-order valence-electron chi connectivity index (χ4n) is 0. The van der Waals surface area contributed by atoms with Crippen LogP contribution in [0.15, 0.2) is 0 Å². The van der Waals surface area contributed by atoms with Crippen LogP contribution in [0.5, 0.6) is 0 Å². The Hall–Kier alpha value is 0.0194. The lowest BCUT2D eigenvalue weighted by Gasteiger charge is -1.68. The molecule has 0 heterocycles. The lowest BCUT2D eigenvalue weighted by Crippen LogP contribution is -1.90. The van der Waals surface area contributed by atoms with E-state index in [1.54, 1.807) is 0 Å². The van der Waals surface area contributed by atoms with Crippen LogP contribution < -0.4 is 0 Å². The predicted octanol–water partition coefficient (Wildman–Crippen LogP) is -3.45. The molecule has 4 N–H and O–H groups in total. The SMILES string of the molecule is O=S(=O)(O)O.O=[Si](O)O.[AlH3]. The van der Waals surface area contributed by atoms with Crippen molar-refractivity contribution >= 4 is 36.9 Å². The molecule has 0 saturated carbocycles. The first-order valence-corrected chi connectivity index (χ1v) is 4.05. The second-order valence-electron chi connectivity index (χ2n) is 0.730. The van der Waals surface area contributed by atoms with Crippen molar-refractivity contribution in [3.05, 3.63) is 0 Å². The van der Waals surface area contributed by atoms with Crippen LogP contribution in [0.2, 0.25) is 0 Å². The summed E-state index contributed by atoms with van der Waals surface area (Å²) >= 11 is 0. The van der Waals surface area contributed by atoms with E-state index in [1.807, 2.05) is 0 Å². The Morgan fingerprint density at radius 3 is 1.10 bits per heavy atom. The summed E-state index contributed by atoms with van der Waals surface area (Å²) in [6.45, 7) is 0. The van der Waals surface area contributed by atoms with Crippen molar-refractivity contribution in [2.45, 2.75) is 0 Å². The molecule has 0 rings (SSSR count). The molecule has 0 radical (unpaired) electrons. The van der Waals surface area contributed by atoms with Crippen LogP contribution in [-0.4, -0.2) is 53.6 Å². The summed E-state index contributed by atoms with van der Waals surface area (Å²) in [5, 5.41) is 0. The minimum atomic E-state index is -4.67. The molecule has 0 aliphatic heterocycles. The Bertz CT molecular complexity index is 156. The molecule has 0 aromatic carbocycles. The maximum atomic E-state index is 8.74. The number of hydrogen-bond donors (Lipinski definition) is 4. The van der Waals surface area contributed by atoms with Crippen LogP contribution in [0.3, 0.4) is 0 Å². The van der Waals surface area contributed by atoms with E-state index in [2.05, 4.69) is 0 Å². The summed E-state index contributed by atoms with van der Waals surface area (Å²) in [6, 6.07) is 0. The highest BCUT2D eigenvalue weighted by molar-refractivity contribution is 7.79. The third-order valence-electron chi connectivity index (χ3n) is 0. The van der Waals surface area contributed by atoms with E-state index >= 15 is 0 Å². The van der Waals surface area contributed by atoms with Crippen LogP contribution in [0.4, 0.5) is 0 Å². The van der Waals surface area contributed by atoms with E-state index in [1.165, 1.54) is 0 Å². The van der Waals surface area contributed by atoms with Gasteiger partial charge in [-0.3, -0.25) is 13.6 Å². The zero-order valence-electron chi connectivity index (χ0n) is 3.92. The molecule has 0 saturated heterocycles. The highest BCUT2D eigenvalue weighted by atomic mass is 32.3. The monoisotopic (exact) mass is 206 g/mol. The van der Waals surface area contributed by atoms with E-state index in [9.17, 15) is 0 Å². The molecule has 0 spiro atoms. The van der Waals surface area contributed by atoms with Crippen molar-refractivity contribution in [2.24, 2.45) is 0 Å². The minimum absolute atomic E-state index is 0. The van der Waals surface area contributed by atoms with E-state index in [0.717, 1.165) is 0 Å². The van der Waals surface area contributed by atoms with Gasteiger partial charge in [0.15, 0.2) is 17.4 Å². The first-order valence-electron chi connectivity index (χ1n) is 1.35. The second-order valence-corrected chi connectivity index (χ2v) is 2.19. The van der Waals surface area contributed by atoms with Gasteiger partial charge >= 0.3 is 19.6 Å². The van der Waals surface area contributed by atoms with Gasteiger partial charge in [-0.2, -0.15) is 8.42 Å². The molecular weight excluding hydrogens is 199 g/mol. The molecule has 0 bridgehead atoms. The van der Waals surface area contributed by atoms with Gasteiger partial charge in [-0.1, -0.05) is 0 Å². The van der Waals surface area contributed by atoms with Crippen molar-refractivity contribution in [1.82, 2.24) is 0 Å². The fourth-order valence-corrected chi connectivity index (χ4v) is 0. The van der Waals surface area contributed by atoms with Gasteiger partial charge in [0.25, 0.3) is 0 Å². The smallest absolute Gasteiger partial charge is 0.511 e. The first kappa shape index (κ1) is 16.5. The standard InChI is InChI=1S/Al.H2O4S.H2O3Si.3H/c;1-5(2,3)4;1-4(2)3;;;/h;(H2,1,2,3,4);1-2H;;;. The van der Waals surface area contributed by atoms with E-state index < -0.39 is 19.6 Å². The van der Waals surface area contributed by atoms with E-state index in [4.69, 9.17) is 31.6 Å². The first-order chi connectivity index (χ1) is 3.73. The lowest BCUT2D eigenvalue weighted by molar-refractivity contribution is 0.330. The van der Waals surface area contributed by atoms with E-state index in [0.29, 0.717) is 0 Å². The zero-order chi connectivity index (χ0) is 8.08. The molecule has 0 amide bonds. The molecule has 62 valence electrons. The van der Waals surface area contributed by atoms with Crippen LogP contribution in [0, 0.1) is 0 Å². The predicted molar refractivity (Wildman–Crippen MR) is 35.0 cm³/mol. The summed E-state index contributed by atoms with van der Waals surface area (Å²) in [5.74, 6) is 0. The van der Waals surface area contributed by atoms with Crippen molar-refractivity contribution in [2.75, 3.05) is 0 Å². The van der Waals surface area contributed by atoms with Gasteiger partial charge in [0, 0.05) is 0 Å². The van der Waals surface area contributed by atoms with Crippen LogP contribution in [-0.2, 0) is 14.9 Å². The molecule has 0 atom stereocenters. The molecule has 7 nitrogen and oxygen atoms in total. The van der Waals surface area contributed by atoms with Crippen molar-refractivity contribution in [3.8, 4) is 0 Å². The van der Waals surface area contributed by atoms with Gasteiger partial charge in [-0.25, -0.2) is 0 Å². The Kier molecular flexibility index (Phi) is 11.8. The normalized spacial score (nSPS) is 8.20. The Morgan fingerprint density at radius 2 is 1.10 bits per heavy atom. The number of rotatable bonds is 0. The highest BCUT2D eigenvalue weighted by Gasteiger charge is 1.85. The molecule has 10 heteroatoms. The largest absolute Gasteiger partial charge is 0.761 e. The Morgan fingerprint density at radius 1 is 1.10 bits per heavy atom. The topological polar surface area (TPSA) is 132 Å². The fraction of sp³-hybridized carbons (Fsp3) is 0. The molecular formula is H7AlO7SSi. The molecule has 0 aliphatic carbocycles. The van der Waals surface area contributed by atoms with Crippen molar-refractivity contribution < 1.29 is 31.6 Å². The van der Waals surface area contributed by atoms with Crippen LogP contribution in [0.25, 0.3) is 0 Å². The van der Waals surface area contributed by atoms with Gasteiger partial charge in [0.2, 0.25) is 0 Å². The van der Waals surface area contributed by atoms with Crippen LogP contribution in [0.1, 0.15) is 0 Å². The molecule has 0 unspecified atom stereocenters. The van der Waals surface area contributed by atoms with Gasteiger partial charge in [-0.05, 0) is 0 Å². The van der Waals surface area contributed by atoms with Gasteiger partial charge in [0.1, 0.15) is 0 Å². The lowest BCUT2D eigenvalue weighted by atomic mass is 15.8. The molecule has 10 heavy (non-hydrogen) atoms. The summed E-state index contributed by atoms with van der Waals surface area (Å²) in [7, 11) is -7.80. The zero-order valence-corrected chi connectivity index (χ0v) is 5.74. The minimum Gasteiger partial charge on any atom is -0.511 e. The van der Waals surface area contributed by atoms with Crippen molar-refractivity contribution in [1.29, 1.82) is 0 Å². The third kappa shape index (κ3) is 1060000. The van der Waals surface area contributed by atoms with Gasteiger partial charge < -0.3 is 9.59 Å². The quantitative estimate of drug-likeness (QED) is 0.239. The highest BCUT2D eigenvalue weighted by Crippen LogP contribution is 1.59. The average Bonchev–Trinajstić information content (AvgIpc) is 1.19. The average molecular weight is 206 g/mol. The number of hydrogen-bond acceptors (Lipinski definition) is 3. The molecule has 0 fully saturated rings.